The van der Waals surface area contributed by atoms with Crippen molar-refractivity contribution in [1.82, 2.24) is 20.0 Å². The molecule has 0 aliphatic carbocycles. The molecule has 2 heterocycles. The van der Waals surface area contributed by atoms with Crippen LogP contribution in [0.25, 0.3) is 5.65 Å². The standard InChI is InChI=1S/C27H34F2N4O4/c1-15(2)21(32-26(35)37-27(5,6)7)12-30-25(34)23-17(4)31-24-22(11-16(3)13-33(23)24)36-14-18-19(28)9-8-10-20(18)29/h8-11,13,15,21H,12,14H2,1-7H3,(H,30,34)(H,32,35). The molecular formula is C27H34F2N4O4. The van der Waals surface area contributed by atoms with Crippen molar-refractivity contribution in [3.63, 3.8) is 0 Å². The lowest BCUT2D eigenvalue weighted by molar-refractivity contribution is 0.0487. The summed E-state index contributed by atoms with van der Waals surface area (Å²) < 4.78 is 40.8. The fraction of sp³-hybridized carbons (Fsp3) is 0.444. The average molecular weight is 517 g/mol. The second kappa shape index (κ2) is 11.1. The smallest absolute Gasteiger partial charge is 0.407 e. The normalized spacial score (nSPS) is 12.5. The van der Waals surface area contributed by atoms with E-state index in [1.54, 1.807) is 44.4 Å². The summed E-state index contributed by atoms with van der Waals surface area (Å²) >= 11 is 0. The quantitative estimate of drug-likeness (QED) is 0.435. The fourth-order valence-electron chi connectivity index (χ4n) is 3.76. The van der Waals surface area contributed by atoms with Gasteiger partial charge in [0.15, 0.2) is 11.4 Å². The van der Waals surface area contributed by atoms with Crippen LogP contribution in [0.2, 0.25) is 0 Å². The highest BCUT2D eigenvalue weighted by Gasteiger charge is 2.24. The van der Waals surface area contributed by atoms with Crippen molar-refractivity contribution in [3.8, 4) is 5.75 Å². The van der Waals surface area contributed by atoms with Crippen LogP contribution in [-0.2, 0) is 11.3 Å². The number of benzene rings is 1. The van der Waals surface area contributed by atoms with E-state index in [1.165, 1.54) is 6.07 Å². The Morgan fingerprint density at radius 2 is 1.78 bits per heavy atom. The van der Waals surface area contributed by atoms with E-state index >= 15 is 0 Å². The van der Waals surface area contributed by atoms with Crippen molar-refractivity contribution in [2.24, 2.45) is 5.92 Å². The molecule has 2 amide bonds. The number of amides is 2. The molecule has 2 N–H and O–H groups in total. The van der Waals surface area contributed by atoms with Gasteiger partial charge in [-0.05, 0) is 64.3 Å². The van der Waals surface area contributed by atoms with Gasteiger partial charge < -0.3 is 20.1 Å². The maximum atomic E-state index is 14.1. The van der Waals surface area contributed by atoms with E-state index in [2.05, 4.69) is 15.6 Å². The number of rotatable bonds is 8. The summed E-state index contributed by atoms with van der Waals surface area (Å²) in [5, 5.41) is 5.67. The van der Waals surface area contributed by atoms with Crippen molar-refractivity contribution in [2.75, 3.05) is 6.54 Å². The number of hydrogen-bond acceptors (Lipinski definition) is 5. The Morgan fingerprint density at radius 1 is 1.14 bits per heavy atom. The molecule has 1 aromatic carbocycles. The van der Waals surface area contributed by atoms with Gasteiger partial charge in [0.2, 0.25) is 0 Å². The van der Waals surface area contributed by atoms with Gasteiger partial charge >= 0.3 is 6.09 Å². The molecule has 2 aromatic heterocycles. The van der Waals surface area contributed by atoms with Gasteiger partial charge in [-0.2, -0.15) is 0 Å². The van der Waals surface area contributed by atoms with Crippen LogP contribution in [0, 0.1) is 31.4 Å². The molecule has 0 radical (unpaired) electrons. The predicted octanol–water partition coefficient (Wildman–Crippen LogP) is 5.09. The zero-order chi connectivity index (χ0) is 27.5. The molecule has 37 heavy (non-hydrogen) atoms. The van der Waals surface area contributed by atoms with Crippen LogP contribution in [-0.4, -0.2) is 39.6 Å². The Morgan fingerprint density at radius 3 is 2.38 bits per heavy atom. The van der Waals surface area contributed by atoms with Gasteiger partial charge in [0, 0.05) is 12.7 Å². The minimum Gasteiger partial charge on any atom is -0.485 e. The number of fused-ring (bicyclic) bond motifs is 1. The topological polar surface area (TPSA) is 94.0 Å². The third kappa shape index (κ3) is 6.96. The molecule has 0 bridgehead atoms. The Kier molecular flexibility index (Phi) is 8.40. The number of pyridine rings is 1. The molecule has 0 aliphatic rings. The van der Waals surface area contributed by atoms with E-state index in [4.69, 9.17) is 9.47 Å². The first kappa shape index (κ1) is 27.9. The minimum absolute atomic E-state index is 0.0251. The summed E-state index contributed by atoms with van der Waals surface area (Å²) in [6.45, 7) is 12.5. The molecular weight excluding hydrogens is 482 g/mol. The molecule has 0 fully saturated rings. The molecule has 0 saturated heterocycles. The molecule has 1 unspecified atom stereocenters. The van der Waals surface area contributed by atoms with Crippen LogP contribution >= 0.6 is 0 Å². The Labute approximate surface area is 215 Å². The second-order valence-corrected chi connectivity index (χ2v) is 10.3. The first-order valence-electron chi connectivity index (χ1n) is 12.1. The van der Waals surface area contributed by atoms with Gasteiger partial charge in [-0.3, -0.25) is 9.20 Å². The summed E-state index contributed by atoms with van der Waals surface area (Å²) in [7, 11) is 0. The van der Waals surface area contributed by atoms with Gasteiger partial charge in [0.05, 0.1) is 17.3 Å². The van der Waals surface area contributed by atoms with Crippen molar-refractivity contribution in [1.29, 1.82) is 0 Å². The lowest BCUT2D eigenvalue weighted by Gasteiger charge is -2.26. The molecule has 1 atom stereocenters. The zero-order valence-corrected chi connectivity index (χ0v) is 22.2. The van der Waals surface area contributed by atoms with Crippen LogP contribution in [0.15, 0.2) is 30.5 Å². The summed E-state index contributed by atoms with van der Waals surface area (Å²) in [4.78, 5) is 29.9. The largest absolute Gasteiger partial charge is 0.485 e. The van der Waals surface area contributed by atoms with E-state index in [1.807, 2.05) is 20.8 Å². The van der Waals surface area contributed by atoms with E-state index in [-0.39, 0.29) is 36.4 Å². The number of hydrogen-bond donors (Lipinski definition) is 2. The van der Waals surface area contributed by atoms with Gasteiger partial charge in [0.25, 0.3) is 5.91 Å². The highest BCUT2D eigenvalue weighted by atomic mass is 19.1. The number of carbonyl (C=O) groups is 2. The van der Waals surface area contributed by atoms with Crippen LogP contribution < -0.4 is 15.4 Å². The molecule has 3 aromatic rings. The lowest BCUT2D eigenvalue weighted by atomic mass is 10.0. The van der Waals surface area contributed by atoms with E-state index in [9.17, 15) is 18.4 Å². The van der Waals surface area contributed by atoms with Crippen molar-refractivity contribution >= 4 is 17.6 Å². The van der Waals surface area contributed by atoms with Gasteiger partial charge in [0.1, 0.15) is 29.5 Å². The number of nitrogens with zero attached hydrogens (tertiary/aromatic N) is 2. The van der Waals surface area contributed by atoms with E-state index < -0.39 is 29.2 Å². The first-order valence-corrected chi connectivity index (χ1v) is 12.1. The Hall–Kier alpha value is -3.69. The summed E-state index contributed by atoms with van der Waals surface area (Å²) in [6, 6.07) is 4.95. The maximum Gasteiger partial charge on any atom is 0.407 e. The van der Waals surface area contributed by atoms with Crippen LogP contribution in [0.5, 0.6) is 5.75 Å². The van der Waals surface area contributed by atoms with Crippen LogP contribution in [0.3, 0.4) is 0 Å². The summed E-state index contributed by atoms with van der Waals surface area (Å²) in [5.41, 5.74) is 1.01. The van der Waals surface area contributed by atoms with E-state index in [0.29, 0.717) is 17.0 Å². The first-order chi connectivity index (χ1) is 17.3. The molecule has 3 rings (SSSR count). The second-order valence-electron chi connectivity index (χ2n) is 10.3. The number of ether oxygens (including phenoxy) is 2. The number of halogens is 2. The highest BCUT2D eigenvalue weighted by molar-refractivity contribution is 5.95. The average Bonchev–Trinajstić information content (AvgIpc) is 3.10. The lowest BCUT2D eigenvalue weighted by Crippen LogP contribution is -2.48. The monoisotopic (exact) mass is 516 g/mol. The molecule has 0 aliphatic heterocycles. The maximum absolute atomic E-state index is 14.1. The summed E-state index contributed by atoms with van der Waals surface area (Å²) in [6.07, 6.45) is 1.18. The van der Waals surface area contributed by atoms with Crippen LogP contribution in [0.1, 0.15) is 61.9 Å². The Balaban J connectivity index is 1.80. The molecule has 10 heteroatoms. The third-order valence-corrected chi connectivity index (χ3v) is 5.64. The molecule has 200 valence electrons. The van der Waals surface area contributed by atoms with Gasteiger partial charge in [-0.15, -0.1) is 0 Å². The number of alkyl carbamates (subject to hydrolysis) is 1. The SMILES string of the molecule is Cc1cc(OCc2c(F)cccc2F)c2nc(C)c(C(=O)NCC(NC(=O)OC(C)(C)C)C(C)C)n2c1. The third-order valence-electron chi connectivity index (χ3n) is 5.64. The summed E-state index contributed by atoms with van der Waals surface area (Å²) in [5.74, 6) is -1.49. The molecule has 8 nitrogen and oxygen atoms in total. The minimum atomic E-state index is -0.706. The number of aromatic nitrogens is 2. The highest BCUT2D eigenvalue weighted by Crippen LogP contribution is 2.26. The Bertz CT molecular complexity index is 1280. The fourth-order valence-corrected chi connectivity index (χ4v) is 3.76. The van der Waals surface area contributed by atoms with Crippen molar-refractivity contribution in [2.45, 2.75) is 66.7 Å². The molecule has 0 saturated carbocycles. The predicted molar refractivity (Wildman–Crippen MR) is 136 cm³/mol. The number of carbonyl (C=O) groups excluding carboxylic acids is 2. The number of nitrogens with one attached hydrogen (secondary N) is 2. The molecule has 0 spiro atoms. The van der Waals surface area contributed by atoms with Crippen LogP contribution in [0.4, 0.5) is 13.6 Å². The van der Waals surface area contributed by atoms with E-state index in [0.717, 1.165) is 17.7 Å². The van der Waals surface area contributed by atoms with Gasteiger partial charge in [-0.1, -0.05) is 19.9 Å². The number of imidazole rings is 1. The van der Waals surface area contributed by atoms with Crippen molar-refractivity contribution in [3.05, 3.63) is 64.6 Å². The zero-order valence-electron chi connectivity index (χ0n) is 22.2. The van der Waals surface area contributed by atoms with Gasteiger partial charge in [-0.25, -0.2) is 18.6 Å². The number of aryl methyl sites for hydroxylation is 2. The van der Waals surface area contributed by atoms with Crippen molar-refractivity contribution < 1.29 is 27.8 Å².